The van der Waals surface area contributed by atoms with Crippen molar-refractivity contribution in [2.75, 3.05) is 18.5 Å². The zero-order valence-corrected chi connectivity index (χ0v) is 11.7. The van der Waals surface area contributed by atoms with Gasteiger partial charge in [0.1, 0.15) is 5.41 Å². The van der Waals surface area contributed by atoms with Crippen molar-refractivity contribution >= 4 is 28.8 Å². The molecule has 1 saturated heterocycles. The molecule has 7 heteroatoms. The van der Waals surface area contributed by atoms with Crippen molar-refractivity contribution in [3.63, 3.8) is 0 Å². The third kappa shape index (κ3) is 2.76. The van der Waals surface area contributed by atoms with Crippen LogP contribution >= 0.6 is 12.2 Å². The zero-order chi connectivity index (χ0) is 13.9. The highest BCUT2D eigenvalue weighted by molar-refractivity contribution is 7.80. The number of amides is 1. The van der Waals surface area contributed by atoms with Gasteiger partial charge in [-0.3, -0.25) is 9.48 Å². The van der Waals surface area contributed by atoms with Crippen molar-refractivity contribution in [1.82, 2.24) is 9.78 Å². The topological polar surface area (TPSA) is 82.2 Å². The normalized spacial score (nSPS) is 17.9. The summed E-state index contributed by atoms with van der Waals surface area (Å²) in [6.07, 6.45) is 4.45. The summed E-state index contributed by atoms with van der Waals surface area (Å²) in [4.78, 5) is 12.7. The number of ether oxygens (including phenoxy) is 1. The highest BCUT2D eigenvalue weighted by atomic mass is 32.1. The summed E-state index contributed by atoms with van der Waals surface area (Å²) in [7, 11) is 0. The average Bonchev–Trinajstić information content (AvgIpc) is 2.87. The lowest BCUT2D eigenvalue weighted by atomic mass is 9.79. The number of thiocarbonyl (C=S) groups is 1. The monoisotopic (exact) mass is 282 g/mol. The van der Waals surface area contributed by atoms with Crippen LogP contribution in [0.4, 0.5) is 5.69 Å². The fraction of sp³-hybridized carbons (Fsp3) is 0.583. The standard InChI is InChI=1S/C12H18N4O2S/c1-2-16-8-9(7-14-16)15-11(17)12(10(13)19)3-5-18-6-4-12/h7-8H,2-6H2,1H3,(H2,13,19)(H,15,17). The van der Waals surface area contributed by atoms with Crippen LogP contribution in [0.2, 0.25) is 0 Å². The summed E-state index contributed by atoms with van der Waals surface area (Å²) in [6, 6.07) is 0. The first kappa shape index (κ1) is 14.0. The number of aromatic nitrogens is 2. The Morgan fingerprint density at radius 2 is 2.32 bits per heavy atom. The number of rotatable bonds is 4. The van der Waals surface area contributed by atoms with Crippen LogP contribution in [0.3, 0.4) is 0 Å². The molecule has 1 aliphatic rings. The maximum Gasteiger partial charge on any atom is 0.237 e. The van der Waals surface area contributed by atoms with Gasteiger partial charge in [-0.05, 0) is 19.8 Å². The molecule has 104 valence electrons. The molecule has 0 unspecified atom stereocenters. The molecule has 2 rings (SSSR count). The fourth-order valence-electron chi connectivity index (χ4n) is 2.16. The minimum Gasteiger partial charge on any atom is -0.392 e. The van der Waals surface area contributed by atoms with E-state index in [1.54, 1.807) is 17.1 Å². The molecule has 0 atom stereocenters. The molecule has 1 amide bonds. The molecular weight excluding hydrogens is 264 g/mol. The molecule has 19 heavy (non-hydrogen) atoms. The lowest BCUT2D eigenvalue weighted by Crippen LogP contribution is -2.49. The summed E-state index contributed by atoms with van der Waals surface area (Å²) in [5, 5.41) is 6.96. The number of carbonyl (C=O) groups excluding carboxylic acids is 1. The second-order valence-electron chi connectivity index (χ2n) is 4.60. The molecule has 0 spiro atoms. The Labute approximate surface area is 117 Å². The molecule has 1 aromatic heterocycles. The average molecular weight is 282 g/mol. The smallest absolute Gasteiger partial charge is 0.237 e. The van der Waals surface area contributed by atoms with Gasteiger partial charge in [-0.2, -0.15) is 5.10 Å². The molecule has 0 radical (unpaired) electrons. The van der Waals surface area contributed by atoms with Crippen molar-refractivity contribution in [2.24, 2.45) is 11.1 Å². The SMILES string of the molecule is CCn1cc(NC(=O)C2(C(N)=S)CCOCC2)cn1. The van der Waals surface area contributed by atoms with Crippen LogP contribution < -0.4 is 11.1 Å². The minimum absolute atomic E-state index is 0.168. The molecule has 6 nitrogen and oxygen atoms in total. The van der Waals surface area contributed by atoms with Crippen LogP contribution in [-0.4, -0.2) is 33.9 Å². The third-order valence-corrected chi connectivity index (χ3v) is 3.86. The van der Waals surface area contributed by atoms with Gasteiger partial charge in [0.25, 0.3) is 0 Å². The predicted octanol–water partition coefficient (Wildman–Crippen LogP) is 0.924. The Morgan fingerprint density at radius 1 is 1.63 bits per heavy atom. The zero-order valence-electron chi connectivity index (χ0n) is 10.9. The minimum atomic E-state index is -0.804. The highest BCUT2D eigenvalue weighted by Gasteiger charge is 2.43. The van der Waals surface area contributed by atoms with Crippen molar-refractivity contribution < 1.29 is 9.53 Å². The summed E-state index contributed by atoms with van der Waals surface area (Å²) in [6.45, 7) is 3.73. The van der Waals surface area contributed by atoms with Crippen LogP contribution in [-0.2, 0) is 16.1 Å². The van der Waals surface area contributed by atoms with E-state index >= 15 is 0 Å². The van der Waals surface area contributed by atoms with E-state index in [2.05, 4.69) is 10.4 Å². The van der Waals surface area contributed by atoms with Crippen molar-refractivity contribution in [3.05, 3.63) is 12.4 Å². The number of hydrogen-bond acceptors (Lipinski definition) is 4. The number of nitrogens with zero attached hydrogens (tertiary/aromatic N) is 2. The van der Waals surface area contributed by atoms with Crippen LogP contribution in [0.15, 0.2) is 12.4 Å². The quantitative estimate of drug-likeness (QED) is 0.803. The van der Waals surface area contributed by atoms with E-state index in [4.69, 9.17) is 22.7 Å². The summed E-state index contributed by atoms with van der Waals surface area (Å²) < 4.78 is 7.03. The Balaban J connectivity index is 2.13. The molecule has 3 N–H and O–H groups in total. The number of aryl methyl sites for hydroxylation is 1. The Morgan fingerprint density at radius 3 is 2.84 bits per heavy atom. The van der Waals surface area contributed by atoms with E-state index in [-0.39, 0.29) is 10.9 Å². The second-order valence-corrected chi connectivity index (χ2v) is 5.04. The van der Waals surface area contributed by atoms with E-state index in [1.165, 1.54) is 0 Å². The van der Waals surface area contributed by atoms with Crippen LogP contribution in [0, 0.1) is 5.41 Å². The molecule has 0 bridgehead atoms. The van der Waals surface area contributed by atoms with Gasteiger partial charge in [-0.25, -0.2) is 0 Å². The molecule has 1 aromatic rings. The van der Waals surface area contributed by atoms with Gasteiger partial charge in [-0.15, -0.1) is 0 Å². The van der Waals surface area contributed by atoms with Crippen LogP contribution in [0.1, 0.15) is 19.8 Å². The Bertz CT molecular complexity index is 480. The van der Waals surface area contributed by atoms with Gasteiger partial charge < -0.3 is 15.8 Å². The molecule has 0 saturated carbocycles. The molecule has 1 fully saturated rings. The number of nitrogens with two attached hydrogens (primary N) is 1. The first-order valence-electron chi connectivity index (χ1n) is 6.30. The molecule has 0 aromatic carbocycles. The lowest BCUT2D eigenvalue weighted by Gasteiger charge is -2.34. The van der Waals surface area contributed by atoms with Gasteiger partial charge in [0.2, 0.25) is 5.91 Å². The van der Waals surface area contributed by atoms with Gasteiger partial charge in [0.15, 0.2) is 0 Å². The van der Waals surface area contributed by atoms with Gasteiger partial charge in [-0.1, -0.05) is 12.2 Å². The van der Waals surface area contributed by atoms with Gasteiger partial charge >= 0.3 is 0 Å². The number of carbonyl (C=O) groups is 1. The number of hydrogen-bond donors (Lipinski definition) is 2. The Hall–Kier alpha value is -1.47. The maximum absolute atomic E-state index is 12.5. The van der Waals surface area contributed by atoms with Crippen molar-refractivity contribution in [2.45, 2.75) is 26.3 Å². The summed E-state index contributed by atoms with van der Waals surface area (Å²) >= 11 is 5.09. The van der Waals surface area contributed by atoms with Gasteiger partial charge in [0.05, 0.1) is 16.9 Å². The first-order chi connectivity index (χ1) is 9.08. The fourth-order valence-corrected chi connectivity index (χ4v) is 2.45. The largest absolute Gasteiger partial charge is 0.392 e. The summed E-state index contributed by atoms with van der Waals surface area (Å²) in [5.41, 5.74) is 5.64. The number of nitrogens with one attached hydrogen (secondary N) is 1. The second kappa shape index (κ2) is 5.66. The van der Waals surface area contributed by atoms with Crippen LogP contribution in [0.25, 0.3) is 0 Å². The van der Waals surface area contributed by atoms with Crippen LogP contribution in [0.5, 0.6) is 0 Å². The van der Waals surface area contributed by atoms with E-state index in [1.807, 2.05) is 6.92 Å². The molecule has 1 aliphatic heterocycles. The third-order valence-electron chi connectivity index (χ3n) is 3.47. The maximum atomic E-state index is 12.5. The van der Waals surface area contributed by atoms with E-state index in [9.17, 15) is 4.79 Å². The molecule has 0 aliphatic carbocycles. The lowest BCUT2D eigenvalue weighted by molar-refractivity contribution is -0.126. The Kier molecular flexibility index (Phi) is 4.16. The van der Waals surface area contributed by atoms with Crippen molar-refractivity contribution in [3.8, 4) is 0 Å². The van der Waals surface area contributed by atoms with E-state index < -0.39 is 5.41 Å². The first-order valence-corrected chi connectivity index (χ1v) is 6.71. The molecular formula is C12H18N4O2S. The highest BCUT2D eigenvalue weighted by Crippen LogP contribution is 2.32. The van der Waals surface area contributed by atoms with E-state index in [0.717, 1.165) is 6.54 Å². The van der Waals surface area contributed by atoms with E-state index in [0.29, 0.717) is 31.7 Å². The predicted molar refractivity (Wildman–Crippen MR) is 75.8 cm³/mol. The molecule has 2 heterocycles. The summed E-state index contributed by atoms with van der Waals surface area (Å²) in [5.74, 6) is -0.168. The van der Waals surface area contributed by atoms with Gasteiger partial charge in [0, 0.05) is 26.0 Å². The van der Waals surface area contributed by atoms with Crippen molar-refractivity contribution in [1.29, 1.82) is 0 Å². The number of anilines is 1.